The van der Waals surface area contributed by atoms with E-state index in [2.05, 4.69) is 0 Å². The zero-order valence-electron chi connectivity index (χ0n) is 10.6. The van der Waals surface area contributed by atoms with Gasteiger partial charge in [0.2, 0.25) is 5.91 Å². The van der Waals surface area contributed by atoms with Crippen LogP contribution < -0.4 is 8.61 Å². The third-order valence-electron chi connectivity index (χ3n) is 2.83. The quantitative estimate of drug-likeness (QED) is 0.815. The van der Waals surface area contributed by atoms with E-state index in [1.807, 2.05) is 0 Å². The molecule has 1 amide bonds. The van der Waals surface area contributed by atoms with E-state index in [1.165, 1.54) is 32.2 Å². The smallest absolute Gasteiger partial charge is 0.243 e. The van der Waals surface area contributed by atoms with Crippen LogP contribution in [0.1, 0.15) is 6.92 Å². The molecule has 0 radical (unpaired) electrons. The van der Waals surface area contributed by atoms with Crippen LogP contribution >= 0.6 is 11.0 Å². The first kappa shape index (κ1) is 14.1. The van der Waals surface area contributed by atoms with Gasteiger partial charge in [-0.1, -0.05) is 0 Å². The zero-order valence-corrected chi connectivity index (χ0v) is 12.2. The molecule has 0 fully saturated rings. The number of amides is 1. The van der Waals surface area contributed by atoms with Crippen molar-refractivity contribution in [2.75, 3.05) is 21.9 Å². The van der Waals surface area contributed by atoms with Crippen LogP contribution in [-0.2, 0) is 14.6 Å². The van der Waals surface area contributed by atoms with Crippen LogP contribution in [0.4, 0.5) is 11.4 Å². The molecule has 0 aromatic heterocycles. The minimum atomic E-state index is -3.46. The topological polar surface area (TPSA) is 98.2 Å². The van der Waals surface area contributed by atoms with Gasteiger partial charge in [-0.05, 0) is 29.2 Å². The molecule has 9 heteroatoms. The average Bonchev–Trinajstić information content (AvgIpc) is 2.45. The van der Waals surface area contributed by atoms with Gasteiger partial charge in [-0.3, -0.25) is 18.2 Å². The maximum Gasteiger partial charge on any atom is 0.243 e. The van der Waals surface area contributed by atoms with Crippen LogP contribution in [0.15, 0.2) is 23.1 Å². The number of benzene rings is 1. The number of sulfone groups is 1. The monoisotopic (exact) mass is 306 g/mol. The molecule has 19 heavy (non-hydrogen) atoms. The number of hydrogen-bond donors (Lipinski definition) is 2. The summed E-state index contributed by atoms with van der Waals surface area (Å²) in [6.07, 6.45) is 1.06. The molecule has 1 aliphatic heterocycles. The molecule has 106 valence electrons. The van der Waals surface area contributed by atoms with E-state index < -0.39 is 26.7 Å². The van der Waals surface area contributed by atoms with Gasteiger partial charge in [0.15, 0.2) is 9.84 Å². The van der Waals surface area contributed by atoms with E-state index >= 15 is 0 Å². The third-order valence-corrected chi connectivity index (χ3v) is 5.82. The maximum absolute atomic E-state index is 11.5. The lowest BCUT2D eigenvalue weighted by Gasteiger charge is -2.40. The van der Waals surface area contributed by atoms with Crippen molar-refractivity contribution in [2.24, 2.45) is 0 Å². The van der Waals surface area contributed by atoms with Crippen LogP contribution in [0.3, 0.4) is 0 Å². The fourth-order valence-electron chi connectivity index (χ4n) is 1.89. The van der Waals surface area contributed by atoms with Gasteiger partial charge in [0.1, 0.15) is 0 Å². The standard InChI is InChI=1S/C10H14N2O5S2/c1-7(13)12-9-5-4-8(18(3,14)15)6-10(9)11(2)19(12,16)17/h4-6,16-17H,1-3H3. The molecule has 0 saturated carbocycles. The van der Waals surface area contributed by atoms with Crippen LogP contribution in [0.2, 0.25) is 0 Å². The predicted molar refractivity (Wildman–Crippen MR) is 74.0 cm³/mol. The van der Waals surface area contributed by atoms with Gasteiger partial charge in [0.05, 0.1) is 16.3 Å². The molecule has 0 aliphatic carbocycles. The van der Waals surface area contributed by atoms with E-state index in [-0.39, 0.29) is 16.3 Å². The second-order valence-electron chi connectivity index (χ2n) is 4.22. The summed E-state index contributed by atoms with van der Waals surface area (Å²) < 4.78 is 45.0. The Hall–Kier alpha value is -1.29. The third kappa shape index (κ3) is 2.08. The van der Waals surface area contributed by atoms with E-state index in [1.54, 1.807) is 0 Å². The molecule has 0 saturated heterocycles. The van der Waals surface area contributed by atoms with Gasteiger partial charge in [0.25, 0.3) is 0 Å². The molecular formula is C10H14N2O5S2. The lowest BCUT2D eigenvalue weighted by atomic mass is 10.2. The van der Waals surface area contributed by atoms with Crippen molar-refractivity contribution in [2.45, 2.75) is 11.8 Å². The molecular weight excluding hydrogens is 292 g/mol. The normalized spacial score (nSPS) is 19.2. The Balaban J connectivity index is 2.67. The summed E-state index contributed by atoms with van der Waals surface area (Å²) in [7, 11) is -5.48. The second kappa shape index (κ2) is 4.10. The highest BCUT2D eigenvalue weighted by atomic mass is 32.3. The first-order valence-corrected chi connectivity index (χ1v) is 8.59. The SMILES string of the molecule is CC(=O)N1c2ccc(S(C)(=O)=O)cc2N(C)S1(O)O. The number of carbonyl (C=O) groups is 1. The van der Waals surface area contributed by atoms with Crippen molar-refractivity contribution in [1.82, 2.24) is 0 Å². The van der Waals surface area contributed by atoms with Crippen molar-refractivity contribution in [3.63, 3.8) is 0 Å². The molecule has 0 atom stereocenters. The van der Waals surface area contributed by atoms with Gasteiger partial charge in [0, 0.05) is 20.2 Å². The average molecular weight is 306 g/mol. The second-order valence-corrected chi connectivity index (χ2v) is 8.13. The van der Waals surface area contributed by atoms with Crippen molar-refractivity contribution in [1.29, 1.82) is 0 Å². The maximum atomic E-state index is 11.5. The highest BCUT2D eigenvalue weighted by molar-refractivity contribution is 8.27. The summed E-state index contributed by atoms with van der Waals surface area (Å²) in [5, 5.41) is 0. The van der Waals surface area contributed by atoms with Crippen molar-refractivity contribution >= 4 is 38.1 Å². The van der Waals surface area contributed by atoms with Crippen LogP contribution in [0, 0.1) is 0 Å². The molecule has 7 nitrogen and oxygen atoms in total. The lowest BCUT2D eigenvalue weighted by Crippen LogP contribution is -2.34. The summed E-state index contributed by atoms with van der Waals surface area (Å²) in [6, 6.07) is 4.05. The first-order valence-electron chi connectivity index (χ1n) is 5.24. The van der Waals surface area contributed by atoms with E-state index in [9.17, 15) is 22.3 Å². The number of hydrogen-bond acceptors (Lipinski definition) is 6. The highest BCUT2D eigenvalue weighted by Gasteiger charge is 2.41. The Labute approximate surface area is 113 Å². The number of fused-ring (bicyclic) bond motifs is 1. The van der Waals surface area contributed by atoms with Gasteiger partial charge in [-0.15, -0.1) is 0 Å². The van der Waals surface area contributed by atoms with Crippen molar-refractivity contribution in [3.05, 3.63) is 18.2 Å². The molecule has 2 N–H and O–H groups in total. The number of nitrogens with zero attached hydrogens (tertiary/aromatic N) is 2. The Morgan fingerprint density at radius 2 is 1.84 bits per heavy atom. The van der Waals surface area contributed by atoms with Crippen LogP contribution in [0.25, 0.3) is 0 Å². The fourth-order valence-corrected chi connectivity index (χ4v) is 3.95. The zero-order chi connectivity index (χ0) is 14.6. The van der Waals surface area contributed by atoms with Gasteiger partial charge in [-0.2, -0.15) is 4.31 Å². The van der Waals surface area contributed by atoms with Gasteiger partial charge >= 0.3 is 0 Å². The molecule has 1 heterocycles. The molecule has 1 aliphatic rings. The molecule has 1 aromatic carbocycles. The minimum Gasteiger partial charge on any atom is -0.273 e. The summed E-state index contributed by atoms with van der Waals surface area (Å²) in [5.41, 5.74) is 0.570. The largest absolute Gasteiger partial charge is 0.273 e. The van der Waals surface area contributed by atoms with E-state index in [0.717, 1.165) is 14.9 Å². The Bertz CT molecular complexity index is 656. The molecule has 0 bridgehead atoms. The van der Waals surface area contributed by atoms with Gasteiger partial charge in [-0.25, -0.2) is 8.42 Å². The Kier molecular flexibility index (Phi) is 3.05. The van der Waals surface area contributed by atoms with Crippen molar-refractivity contribution in [3.8, 4) is 0 Å². The summed E-state index contributed by atoms with van der Waals surface area (Å²) >= 11 is 0. The fraction of sp³-hybridized carbons (Fsp3) is 0.300. The van der Waals surface area contributed by atoms with Crippen molar-refractivity contribution < 1.29 is 22.3 Å². The number of rotatable bonds is 1. The Morgan fingerprint density at radius 3 is 2.32 bits per heavy atom. The summed E-state index contributed by atoms with van der Waals surface area (Å²) in [5.74, 6) is -0.530. The van der Waals surface area contributed by atoms with Crippen LogP contribution in [0.5, 0.6) is 0 Å². The molecule has 0 spiro atoms. The minimum absolute atomic E-state index is 0.0544. The highest BCUT2D eigenvalue weighted by Crippen LogP contribution is 2.60. The molecule has 1 aromatic rings. The predicted octanol–water partition coefficient (Wildman–Crippen LogP) is 1.47. The lowest BCUT2D eigenvalue weighted by molar-refractivity contribution is -0.115. The summed E-state index contributed by atoms with van der Waals surface area (Å²) in [4.78, 5) is 11.6. The molecule has 2 rings (SSSR count). The van der Waals surface area contributed by atoms with Gasteiger partial charge < -0.3 is 0 Å². The van der Waals surface area contributed by atoms with E-state index in [4.69, 9.17) is 0 Å². The summed E-state index contributed by atoms with van der Waals surface area (Å²) in [6.45, 7) is 1.21. The van der Waals surface area contributed by atoms with E-state index in [0.29, 0.717) is 0 Å². The Morgan fingerprint density at radius 1 is 1.26 bits per heavy atom. The first-order chi connectivity index (χ1) is 8.56. The molecule has 0 unspecified atom stereocenters. The number of anilines is 2. The number of carbonyl (C=O) groups excluding carboxylic acids is 1. The van der Waals surface area contributed by atoms with Crippen LogP contribution in [-0.4, -0.2) is 36.7 Å².